The van der Waals surface area contributed by atoms with Gasteiger partial charge in [0.25, 0.3) is 0 Å². The minimum absolute atomic E-state index is 0.141. The monoisotopic (exact) mass is 188 g/mol. The third kappa shape index (κ3) is 2.16. The summed E-state index contributed by atoms with van der Waals surface area (Å²) in [6.07, 6.45) is 2.27. The van der Waals surface area contributed by atoms with E-state index >= 15 is 0 Å². The van der Waals surface area contributed by atoms with Gasteiger partial charge in [-0.15, -0.1) is 0 Å². The van der Waals surface area contributed by atoms with Gasteiger partial charge in [-0.2, -0.15) is 11.8 Å². The van der Waals surface area contributed by atoms with Crippen LogP contribution in [0.2, 0.25) is 0 Å². The summed E-state index contributed by atoms with van der Waals surface area (Å²) in [6.45, 7) is 4.00. The number of carboxylic acids is 1. The molecule has 0 aromatic rings. The Balaban J connectivity index is 2.58. The van der Waals surface area contributed by atoms with Gasteiger partial charge in [-0.1, -0.05) is 13.8 Å². The van der Waals surface area contributed by atoms with Crippen molar-refractivity contribution in [1.82, 2.24) is 0 Å². The molecule has 1 N–H and O–H groups in total. The second kappa shape index (κ2) is 4.17. The molecule has 2 unspecified atom stereocenters. The Hall–Kier alpha value is -0.180. The zero-order valence-corrected chi connectivity index (χ0v) is 8.43. The van der Waals surface area contributed by atoms with Gasteiger partial charge in [-0.25, -0.2) is 0 Å². The zero-order valence-electron chi connectivity index (χ0n) is 7.62. The number of carboxylic acid groups (broad SMARTS) is 1. The van der Waals surface area contributed by atoms with Gasteiger partial charge >= 0.3 is 5.97 Å². The first kappa shape index (κ1) is 9.90. The van der Waals surface area contributed by atoms with E-state index < -0.39 is 5.97 Å². The van der Waals surface area contributed by atoms with E-state index in [1.807, 2.05) is 25.6 Å². The predicted octanol–water partition coefficient (Wildman–Crippen LogP) is 2.24. The van der Waals surface area contributed by atoms with Crippen molar-refractivity contribution in [2.45, 2.75) is 31.9 Å². The van der Waals surface area contributed by atoms with Gasteiger partial charge in [0.2, 0.25) is 0 Å². The zero-order chi connectivity index (χ0) is 9.14. The standard InChI is InChI=1S/C9H16O2S/c1-6(2)8(9(10)11)7-4-3-5-12-7/h6-8H,3-5H2,1-2H3,(H,10,11). The van der Waals surface area contributed by atoms with Crippen LogP contribution in [0.25, 0.3) is 0 Å². The van der Waals surface area contributed by atoms with Crippen molar-refractivity contribution in [2.24, 2.45) is 11.8 Å². The van der Waals surface area contributed by atoms with Crippen LogP contribution in [0.5, 0.6) is 0 Å². The molecule has 0 radical (unpaired) electrons. The second-order valence-electron chi connectivity index (χ2n) is 3.66. The molecule has 1 saturated heterocycles. The summed E-state index contributed by atoms with van der Waals surface area (Å²) >= 11 is 1.83. The van der Waals surface area contributed by atoms with Crippen LogP contribution in [0.15, 0.2) is 0 Å². The summed E-state index contributed by atoms with van der Waals surface area (Å²) in [5.74, 6) is 0.640. The second-order valence-corrected chi connectivity index (χ2v) is 5.01. The van der Waals surface area contributed by atoms with E-state index in [4.69, 9.17) is 5.11 Å². The van der Waals surface area contributed by atoms with Gasteiger partial charge < -0.3 is 5.11 Å². The number of aliphatic carboxylic acids is 1. The number of rotatable bonds is 3. The van der Waals surface area contributed by atoms with Crippen molar-refractivity contribution in [2.75, 3.05) is 5.75 Å². The summed E-state index contributed by atoms with van der Waals surface area (Å²) in [5.41, 5.74) is 0. The third-order valence-corrected chi connectivity index (χ3v) is 3.85. The SMILES string of the molecule is CC(C)C(C(=O)O)C1CCCS1. The van der Waals surface area contributed by atoms with Crippen molar-refractivity contribution in [3.05, 3.63) is 0 Å². The van der Waals surface area contributed by atoms with E-state index in [0.29, 0.717) is 5.25 Å². The topological polar surface area (TPSA) is 37.3 Å². The largest absolute Gasteiger partial charge is 0.481 e. The molecule has 1 aliphatic heterocycles. The predicted molar refractivity (Wildman–Crippen MR) is 51.4 cm³/mol. The molecule has 3 heteroatoms. The Morgan fingerprint density at radius 2 is 2.25 bits per heavy atom. The normalized spacial score (nSPS) is 26.1. The number of hydrogen-bond donors (Lipinski definition) is 1. The lowest BCUT2D eigenvalue weighted by molar-refractivity contribution is -0.143. The number of carbonyl (C=O) groups is 1. The Bertz CT molecular complexity index is 162. The lowest BCUT2D eigenvalue weighted by atomic mass is 9.90. The van der Waals surface area contributed by atoms with E-state index in [0.717, 1.165) is 12.2 Å². The molecule has 1 rings (SSSR count). The highest BCUT2D eigenvalue weighted by Gasteiger charge is 2.33. The molecule has 0 amide bonds. The minimum Gasteiger partial charge on any atom is -0.481 e. The maximum atomic E-state index is 10.9. The van der Waals surface area contributed by atoms with Crippen LogP contribution < -0.4 is 0 Å². The summed E-state index contributed by atoms with van der Waals surface area (Å²) in [7, 11) is 0. The summed E-state index contributed by atoms with van der Waals surface area (Å²) in [4.78, 5) is 10.9. The molecule has 70 valence electrons. The first-order valence-electron chi connectivity index (χ1n) is 4.47. The van der Waals surface area contributed by atoms with Gasteiger partial charge in [0.1, 0.15) is 0 Å². The Labute approximate surface area is 77.7 Å². The summed E-state index contributed by atoms with van der Waals surface area (Å²) < 4.78 is 0. The lowest BCUT2D eigenvalue weighted by Gasteiger charge is -2.21. The smallest absolute Gasteiger partial charge is 0.307 e. The van der Waals surface area contributed by atoms with Crippen molar-refractivity contribution in [3.63, 3.8) is 0 Å². The van der Waals surface area contributed by atoms with Crippen molar-refractivity contribution < 1.29 is 9.90 Å². The quantitative estimate of drug-likeness (QED) is 0.738. The van der Waals surface area contributed by atoms with Gasteiger partial charge in [-0.05, 0) is 24.5 Å². The van der Waals surface area contributed by atoms with Crippen molar-refractivity contribution >= 4 is 17.7 Å². The average molecular weight is 188 g/mol. The molecule has 0 aromatic carbocycles. The molecule has 0 bridgehead atoms. The van der Waals surface area contributed by atoms with Gasteiger partial charge in [0, 0.05) is 5.25 Å². The van der Waals surface area contributed by atoms with Crippen LogP contribution in [0.4, 0.5) is 0 Å². The van der Waals surface area contributed by atoms with E-state index in [9.17, 15) is 4.79 Å². The van der Waals surface area contributed by atoms with Crippen LogP contribution >= 0.6 is 11.8 Å². The van der Waals surface area contributed by atoms with Crippen LogP contribution in [0.3, 0.4) is 0 Å². The molecule has 1 fully saturated rings. The van der Waals surface area contributed by atoms with Crippen molar-refractivity contribution in [3.8, 4) is 0 Å². The number of hydrogen-bond acceptors (Lipinski definition) is 2. The fourth-order valence-electron chi connectivity index (χ4n) is 1.76. The van der Waals surface area contributed by atoms with E-state index in [-0.39, 0.29) is 11.8 Å². The molecule has 0 aliphatic carbocycles. The highest BCUT2D eigenvalue weighted by Crippen LogP contribution is 2.35. The van der Waals surface area contributed by atoms with Crippen LogP contribution in [0.1, 0.15) is 26.7 Å². The third-order valence-electron chi connectivity index (χ3n) is 2.37. The maximum absolute atomic E-state index is 10.9. The Kier molecular flexibility index (Phi) is 3.44. The Morgan fingerprint density at radius 3 is 2.58 bits per heavy atom. The fourth-order valence-corrected chi connectivity index (χ4v) is 3.37. The van der Waals surface area contributed by atoms with E-state index in [2.05, 4.69) is 0 Å². The molecular weight excluding hydrogens is 172 g/mol. The average Bonchev–Trinajstić information content (AvgIpc) is 2.37. The fraction of sp³-hybridized carbons (Fsp3) is 0.889. The first-order valence-corrected chi connectivity index (χ1v) is 5.52. The van der Waals surface area contributed by atoms with Gasteiger partial charge in [0.15, 0.2) is 0 Å². The van der Waals surface area contributed by atoms with Gasteiger partial charge in [0.05, 0.1) is 5.92 Å². The molecule has 0 saturated carbocycles. The summed E-state index contributed by atoms with van der Waals surface area (Å²) in [6, 6.07) is 0. The van der Waals surface area contributed by atoms with Crippen LogP contribution in [-0.4, -0.2) is 22.1 Å². The van der Waals surface area contributed by atoms with E-state index in [1.165, 1.54) is 6.42 Å². The van der Waals surface area contributed by atoms with Gasteiger partial charge in [-0.3, -0.25) is 4.79 Å². The summed E-state index contributed by atoms with van der Waals surface area (Å²) in [5, 5.41) is 9.35. The molecular formula is C9H16O2S. The maximum Gasteiger partial charge on any atom is 0.307 e. The first-order chi connectivity index (χ1) is 5.63. The molecule has 1 heterocycles. The molecule has 1 aliphatic rings. The molecule has 2 nitrogen and oxygen atoms in total. The van der Waals surface area contributed by atoms with Crippen LogP contribution in [0, 0.1) is 11.8 Å². The van der Waals surface area contributed by atoms with Crippen LogP contribution in [-0.2, 0) is 4.79 Å². The highest BCUT2D eigenvalue weighted by atomic mass is 32.2. The highest BCUT2D eigenvalue weighted by molar-refractivity contribution is 8.00. The van der Waals surface area contributed by atoms with E-state index in [1.54, 1.807) is 0 Å². The molecule has 12 heavy (non-hydrogen) atoms. The number of thioether (sulfide) groups is 1. The van der Waals surface area contributed by atoms with Crippen molar-refractivity contribution in [1.29, 1.82) is 0 Å². The molecule has 2 atom stereocenters. The minimum atomic E-state index is -0.621. The lowest BCUT2D eigenvalue weighted by Crippen LogP contribution is -2.28. The Morgan fingerprint density at radius 1 is 1.58 bits per heavy atom. The molecule has 0 aromatic heterocycles. The molecule has 0 spiro atoms.